The van der Waals surface area contributed by atoms with Crippen molar-refractivity contribution in [1.29, 1.82) is 0 Å². The number of ether oxygens (including phenoxy) is 1. The quantitative estimate of drug-likeness (QED) is 0.871. The van der Waals surface area contributed by atoms with Crippen LogP contribution < -0.4 is 10.1 Å². The molecule has 20 heavy (non-hydrogen) atoms. The van der Waals surface area contributed by atoms with Crippen LogP contribution in [0.2, 0.25) is 0 Å². The summed E-state index contributed by atoms with van der Waals surface area (Å²) in [5.41, 5.74) is 2.88. The maximum absolute atomic E-state index is 5.34. The van der Waals surface area contributed by atoms with Crippen LogP contribution in [0.5, 0.6) is 5.75 Å². The molecule has 0 aliphatic heterocycles. The molecule has 2 atom stereocenters. The molecule has 3 nitrogen and oxygen atoms in total. The lowest BCUT2D eigenvalue weighted by Crippen LogP contribution is -2.33. The third kappa shape index (κ3) is 3.68. The summed E-state index contributed by atoms with van der Waals surface area (Å²) in [7, 11) is 8.08. The van der Waals surface area contributed by atoms with Crippen LogP contribution >= 0.6 is 11.8 Å². The molecule has 1 aliphatic carbocycles. The molecule has 1 aromatic carbocycles. The van der Waals surface area contributed by atoms with Crippen molar-refractivity contribution in [2.45, 2.75) is 24.1 Å². The highest BCUT2D eigenvalue weighted by molar-refractivity contribution is 7.99. The molecule has 1 N–H and O–H groups in total. The van der Waals surface area contributed by atoms with E-state index in [4.69, 9.17) is 4.74 Å². The van der Waals surface area contributed by atoms with Crippen molar-refractivity contribution >= 4 is 11.8 Å². The summed E-state index contributed by atoms with van der Waals surface area (Å²) in [6.07, 6.45) is 2.40. The average molecular weight is 294 g/mol. The number of rotatable bonds is 6. The molecule has 0 fully saturated rings. The molecule has 112 valence electrons. The Bertz CT molecular complexity index is 436. The van der Waals surface area contributed by atoms with Gasteiger partial charge in [-0.05, 0) is 57.2 Å². The molecule has 0 saturated heterocycles. The molecule has 2 rings (SSSR count). The summed E-state index contributed by atoms with van der Waals surface area (Å²) in [6, 6.07) is 6.96. The number of benzene rings is 1. The van der Waals surface area contributed by atoms with Gasteiger partial charge in [-0.25, -0.2) is 0 Å². The van der Waals surface area contributed by atoms with E-state index in [1.54, 1.807) is 7.11 Å². The van der Waals surface area contributed by atoms with E-state index in [1.807, 2.05) is 0 Å². The monoisotopic (exact) mass is 294 g/mol. The molecule has 2 unspecified atom stereocenters. The van der Waals surface area contributed by atoms with Crippen molar-refractivity contribution in [3.05, 3.63) is 29.3 Å². The van der Waals surface area contributed by atoms with E-state index in [1.165, 1.54) is 23.3 Å². The highest BCUT2D eigenvalue weighted by Crippen LogP contribution is 2.38. The second-order valence-electron chi connectivity index (χ2n) is 5.58. The van der Waals surface area contributed by atoms with Crippen LogP contribution in [-0.2, 0) is 6.42 Å². The molecule has 0 heterocycles. The molecule has 0 bridgehead atoms. The predicted molar refractivity (Wildman–Crippen MR) is 87.9 cm³/mol. The molecule has 0 saturated carbocycles. The van der Waals surface area contributed by atoms with Gasteiger partial charge in [0.2, 0.25) is 0 Å². The van der Waals surface area contributed by atoms with E-state index in [0.29, 0.717) is 11.3 Å². The summed E-state index contributed by atoms with van der Waals surface area (Å²) in [5.74, 6) is 2.17. The van der Waals surface area contributed by atoms with E-state index in [2.05, 4.69) is 61.3 Å². The molecule has 0 aromatic heterocycles. The minimum Gasteiger partial charge on any atom is -0.497 e. The first kappa shape index (κ1) is 15.7. The number of hydrogen-bond acceptors (Lipinski definition) is 4. The average Bonchev–Trinajstić information content (AvgIpc) is 2.45. The lowest BCUT2D eigenvalue weighted by atomic mass is 9.87. The lowest BCUT2D eigenvalue weighted by molar-refractivity contribution is 0.412. The number of thioether (sulfide) groups is 1. The SMILES string of the molecule is CNC1c2ccc(OC)cc2CCC1SCCN(C)C. The Labute approximate surface area is 127 Å². The first-order chi connectivity index (χ1) is 9.65. The minimum absolute atomic E-state index is 0.455. The van der Waals surface area contributed by atoms with Crippen molar-refractivity contribution in [3.63, 3.8) is 0 Å². The van der Waals surface area contributed by atoms with Crippen LogP contribution in [0.3, 0.4) is 0 Å². The minimum atomic E-state index is 0.455. The summed E-state index contributed by atoms with van der Waals surface area (Å²) in [4.78, 5) is 2.25. The predicted octanol–water partition coefficient (Wildman–Crippen LogP) is 2.57. The van der Waals surface area contributed by atoms with Gasteiger partial charge in [0, 0.05) is 23.6 Å². The van der Waals surface area contributed by atoms with E-state index in [-0.39, 0.29) is 0 Å². The molecule has 1 aromatic rings. The molecule has 4 heteroatoms. The van der Waals surface area contributed by atoms with Crippen LogP contribution in [0.15, 0.2) is 18.2 Å². The lowest BCUT2D eigenvalue weighted by Gasteiger charge is -2.33. The molecule has 0 amide bonds. The van der Waals surface area contributed by atoms with Crippen LogP contribution in [0.1, 0.15) is 23.6 Å². The number of methoxy groups -OCH3 is 1. The highest BCUT2D eigenvalue weighted by Gasteiger charge is 2.28. The van der Waals surface area contributed by atoms with Gasteiger partial charge in [0.15, 0.2) is 0 Å². The van der Waals surface area contributed by atoms with Gasteiger partial charge in [-0.3, -0.25) is 0 Å². The first-order valence-corrected chi connectivity index (χ1v) is 8.31. The molecular weight excluding hydrogens is 268 g/mol. The summed E-state index contributed by atoms with van der Waals surface area (Å²) in [5, 5.41) is 4.18. The first-order valence-electron chi connectivity index (χ1n) is 7.26. The summed E-state index contributed by atoms with van der Waals surface area (Å²) < 4.78 is 5.34. The standard InChI is InChI=1S/C16H26N2OS/c1-17-16-14-7-6-13(19-4)11-12(14)5-8-15(16)20-10-9-18(2)3/h6-7,11,15-17H,5,8-10H2,1-4H3. The Morgan fingerprint density at radius 2 is 2.20 bits per heavy atom. The Hall–Kier alpha value is -0.710. The second kappa shape index (κ2) is 7.34. The van der Waals surface area contributed by atoms with Gasteiger partial charge in [-0.15, -0.1) is 0 Å². The molecular formula is C16H26N2OS. The van der Waals surface area contributed by atoms with Crippen molar-refractivity contribution in [1.82, 2.24) is 10.2 Å². The van der Waals surface area contributed by atoms with Gasteiger partial charge >= 0.3 is 0 Å². The Morgan fingerprint density at radius 3 is 2.85 bits per heavy atom. The van der Waals surface area contributed by atoms with Gasteiger partial charge in [0.05, 0.1) is 7.11 Å². The van der Waals surface area contributed by atoms with Crippen molar-refractivity contribution in [3.8, 4) is 5.75 Å². The van der Waals surface area contributed by atoms with Crippen molar-refractivity contribution in [2.75, 3.05) is 40.6 Å². The van der Waals surface area contributed by atoms with Gasteiger partial charge in [0.25, 0.3) is 0 Å². The van der Waals surface area contributed by atoms with Gasteiger partial charge in [-0.2, -0.15) is 11.8 Å². The number of nitrogens with one attached hydrogen (secondary N) is 1. The number of nitrogens with zero attached hydrogens (tertiary/aromatic N) is 1. The smallest absolute Gasteiger partial charge is 0.119 e. The summed E-state index contributed by atoms with van der Waals surface area (Å²) in [6.45, 7) is 1.15. The van der Waals surface area contributed by atoms with Crippen LogP contribution in [0.4, 0.5) is 0 Å². The van der Waals surface area contributed by atoms with E-state index in [0.717, 1.165) is 18.7 Å². The Kier molecular flexibility index (Phi) is 5.75. The Balaban J connectivity index is 2.07. The maximum Gasteiger partial charge on any atom is 0.119 e. The van der Waals surface area contributed by atoms with Gasteiger partial charge in [0.1, 0.15) is 5.75 Å². The fourth-order valence-corrected chi connectivity index (χ4v) is 4.33. The van der Waals surface area contributed by atoms with Crippen LogP contribution in [0.25, 0.3) is 0 Å². The zero-order valence-electron chi connectivity index (χ0n) is 13.0. The fourth-order valence-electron chi connectivity index (χ4n) is 2.80. The van der Waals surface area contributed by atoms with E-state index < -0.39 is 0 Å². The van der Waals surface area contributed by atoms with Crippen LogP contribution in [-0.4, -0.2) is 50.7 Å². The third-order valence-electron chi connectivity index (χ3n) is 3.94. The Morgan fingerprint density at radius 1 is 1.40 bits per heavy atom. The zero-order valence-corrected chi connectivity index (χ0v) is 13.8. The highest BCUT2D eigenvalue weighted by atomic mass is 32.2. The third-order valence-corrected chi connectivity index (χ3v) is 5.29. The van der Waals surface area contributed by atoms with E-state index >= 15 is 0 Å². The second-order valence-corrected chi connectivity index (χ2v) is 6.93. The maximum atomic E-state index is 5.34. The van der Waals surface area contributed by atoms with Gasteiger partial charge in [-0.1, -0.05) is 6.07 Å². The van der Waals surface area contributed by atoms with E-state index in [9.17, 15) is 0 Å². The normalized spacial score (nSPS) is 21.9. The summed E-state index contributed by atoms with van der Waals surface area (Å²) >= 11 is 2.10. The number of fused-ring (bicyclic) bond motifs is 1. The topological polar surface area (TPSA) is 24.5 Å². The molecule has 0 spiro atoms. The van der Waals surface area contributed by atoms with Gasteiger partial charge < -0.3 is 15.0 Å². The van der Waals surface area contributed by atoms with Crippen LogP contribution in [0, 0.1) is 0 Å². The van der Waals surface area contributed by atoms with Crippen molar-refractivity contribution < 1.29 is 4.74 Å². The number of hydrogen-bond donors (Lipinski definition) is 1. The number of aryl methyl sites for hydroxylation is 1. The fraction of sp³-hybridized carbons (Fsp3) is 0.625. The van der Waals surface area contributed by atoms with Crippen molar-refractivity contribution in [2.24, 2.45) is 0 Å². The zero-order chi connectivity index (χ0) is 14.5. The largest absolute Gasteiger partial charge is 0.497 e. The molecule has 0 radical (unpaired) electrons. The molecule has 1 aliphatic rings.